The minimum Gasteiger partial charge on any atom is -0.460 e. The van der Waals surface area contributed by atoms with Gasteiger partial charge in [-0.1, -0.05) is 70.1 Å². The molecule has 0 amide bonds. The van der Waals surface area contributed by atoms with E-state index in [0.29, 0.717) is 18.9 Å². The highest BCUT2D eigenvalue weighted by Crippen LogP contribution is 2.32. The Morgan fingerprint density at radius 1 is 0.778 bits per heavy atom. The summed E-state index contributed by atoms with van der Waals surface area (Å²) in [5.41, 5.74) is 0.0348. The van der Waals surface area contributed by atoms with E-state index in [9.17, 15) is 18.0 Å². The van der Waals surface area contributed by atoms with Crippen LogP contribution in [0.25, 0.3) is 0 Å². The topological polar surface area (TPSA) is 56.8 Å². The second kappa shape index (κ2) is 17.0. The Kier molecular flexibility index (Phi) is 14.0. The Labute approximate surface area is 212 Å². The number of para-hydroxylation sites is 1. The molecule has 0 saturated carbocycles. The number of alkyl halides is 3. The zero-order chi connectivity index (χ0) is 26.1. The number of esters is 1. The van der Waals surface area contributed by atoms with Gasteiger partial charge in [0.05, 0.1) is 36.6 Å². The molecule has 0 heterocycles. The summed E-state index contributed by atoms with van der Waals surface area (Å²) in [7, 11) is 0. The predicted molar refractivity (Wildman–Crippen MR) is 136 cm³/mol. The van der Waals surface area contributed by atoms with E-state index in [2.05, 4.69) is 12.2 Å². The molecule has 2 rings (SSSR count). The highest BCUT2D eigenvalue weighted by atomic mass is 19.4. The first-order chi connectivity index (χ1) is 17.4. The lowest BCUT2D eigenvalue weighted by Crippen LogP contribution is -2.14. The molecule has 0 fully saturated rings. The summed E-state index contributed by atoms with van der Waals surface area (Å²) in [6.07, 6.45) is 5.61. The molecule has 2 aromatic carbocycles. The van der Waals surface area contributed by atoms with Crippen LogP contribution in [0.3, 0.4) is 0 Å². The molecule has 0 radical (unpaired) electrons. The second-order valence-electron chi connectivity index (χ2n) is 8.58. The molecule has 0 aliphatic heterocycles. The number of unbranched alkanes of at least 4 members (excludes halogenated alkanes) is 7. The Hall–Kier alpha value is -2.58. The molecular weight excluding hydrogens is 471 g/mol. The number of benzene rings is 2. The molecule has 0 bridgehead atoms. The maximum Gasteiger partial charge on any atom is 0.416 e. The highest BCUT2D eigenvalue weighted by molar-refractivity contribution is 5.96. The first-order valence-corrected chi connectivity index (χ1v) is 12.8. The van der Waals surface area contributed by atoms with Gasteiger partial charge in [-0.05, 0) is 36.8 Å². The van der Waals surface area contributed by atoms with Crippen LogP contribution in [-0.4, -0.2) is 39.0 Å². The van der Waals surface area contributed by atoms with Crippen LogP contribution >= 0.6 is 0 Å². The number of halogens is 3. The monoisotopic (exact) mass is 509 g/mol. The van der Waals surface area contributed by atoms with Crippen LogP contribution in [0.4, 0.5) is 24.5 Å². The van der Waals surface area contributed by atoms with Gasteiger partial charge in [0.2, 0.25) is 0 Å². The molecule has 0 aliphatic rings. The molecule has 2 aromatic rings. The van der Waals surface area contributed by atoms with Crippen molar-refractivity contribution in [2.75, 3.05) is 38.4 Å². The summed E-state index contributed by atoms with van der Waals surface area (Å²) in [6, 6.07) is 11.3. The van der Waals surface area contributed by atoms with Crippen LogP contribution in [-0.2, 0) is 20.4 Å². The first-order valence-electron chi connectivity index (χ1n) is 12.8. The van der Waals surface area contributed by atoms with Crippen LogP contribution in [0, 0.1) is 0 Å². The van der Waals surface area contributed by atoms with Crippen molar-refractivity contribution >= 4 is 17.3 Å². The fourth-order valence-corrected chi connectivity index (χ4v) is 3.63. The van der Waals surface area contributed by atoms with Crippen molar-refractivity contribution in [1.82, 2.24) is 0 Å². The van der Waals surface area contributed by atoms with Crippen LogP contribution in [0.2, 0.25) is 0 Å². The molecule has 36 heavy (non-hydrogen) atoms. The first kappa shape index (κ1) is 29.6. The number of carbonyl (C=O) groups excluding carboxylic acids is 1. The summed E-state index contributed by atoms with van der Waals surface area (Å²) in [6.45, 7) is 4.16. The maximum atomic E-state index is 13.0. The normalized spacial score (nSPS) is 11.4. The van der Waals surface area contributed by atoms with E-state index in [1.807, 2.05) is 0 Å². The van der Waals surface area contributed by atoms with Gasteiger partial charge >= 0.3 is 12.1 Å². The van der Waals surface area contributed by atoms with Crippen molar-refractivity contribution in [1.29, 1.82) is 0 Å². The molecule has 200 valence electrons. The molecule has 0 aliphatic carbocycles. The summed E-state index contributed by atoms with van der Waals surface area (Å²) < 4.78 is 55.2. The van der Waals surface area contributed by atoms with Crippen molar-refractivity contribution in [2.45, 2.75) is 64.5 Å². The number of rotatable bonds is 18. The van der Waals surface area contributed by atoms with E-state index in [0.717, 1.165) is 25.2 Å². The molecule has 0 spiro atoms. The smallest absolute Gasteiger partial charge is 0.416 e. The number of hydrogen-bond donors (Lipinski definition) is 1. The third-order valence-corrected chi connectivity index (χ3v) is 5.59. The van der Waals surface area contributed by atoms with Crippen molar-refractivity contribution in [3.8, 4) is 0 Å². The van der Waals surface area contributed by atoms with Gasteiger partial charge < -0.3 is 19.5 Å². The van der Waals surface area contributed by atoms with Crippen LogP contribution < -0.4 is 5.32 Å². The van der Waals surface area contributed by atoms with E-state index in [1.54, 1.807) is 24.3 Å². The van der Waals surface area contributed by atoms with Gasteiger partial charge in [-0.2, -0.15) is 13.2 Å². The number of hydrogen-bond acceptors (Lipinski definition) is 5. The van der Waals surface area contributed by atoms with Crippen molar-refractivity contribution in [3.63, 3.8) is 0 Å². The average Bonchev–Trinajstić information content (AvgIpc) is 2.86. The molecule has 0 unspecified atom stereocenters. The SMILES string of the molecule is CCCCCCCCCCOCCOCCOC(=O)c1ccccc1Nc1cccc(C(F)(F)F)c1. The Morgan fingerprint density at radius 2 is 1.42 bits per heavy atom. The van der Waals surface area contributed by atoms with Gasteiger partial charge in [-0.15, -0.1) is 0 Å². The molecule has 0 atom stereocenters. The van der Waals surface area contributed by atoms with Gasteiger partial charge in [0.1, 0.15) is 6.61 Å². The third kappa shape index (κ3) is 11.9. The lowest BCUT2D eigenvalue weighted by Gasteiger charge is -2.13. The summed E-state index contributed by atoms with van der Waals surface area (Å²) in [5.74, 6) is -0.584. The van der Waals surface area contributed by atoms with E-state index < -0.39 is 17.7 Å². The highest BCUT2D eigenvalue weighted by Gasteiger charge is 2.30. The summed E-state index contributed by atoms with van der Waals surface area (Å²) in [4.78, 5) is 12.5. The number of anilines is 2. The lowest BCUT2D eigenvalue weighted by molar-refractivity contribution is -0.137. The fraction of sp³-hybridized carbons (Fsp3) is 0.536. The minimum absolute atomic E-state index is 0.0642. The van der Waals surface area contributed by atoms with Crippen molar-refractivity contribution in [2.24, 2.45) is 0 Å². The number of nitrogens with one attached hydrogen (secondary N) is 1. The molecular formula is C28H38F3NO4. The van der Waals surface area contributed by atoms with E-state index in [1.165, 1.54) is 57.1 Å². The minimum atomic E-state index is -4.45. The molecule has 8 heteroatoms. The van der Waals surface area contributed by atoms with Crippen LogP contribution in [0.5, 0.6) is 0 Å². The Balaban J connectivity index is 1.61. The van der Waals surface area contributed by atoms with Crippen LogP contribution in [0.15, 0.2) is 48.5 Å². The molecule has 1 N–H and O–H groups in total. The van der Waals surface area contributed by atoms with Gasteiger partial charge in [0.15, 0.2) is 0 Å². The Morgan fingerprint density at radius 3 is 2.14 bits per heavy atom. The average molecular weight is 510 g/mol. The number of ether oxygens (including phenoxy) is 3. The van der Waals surface area contributed by atoms with Gasteiger partial charge in [0, 0.05) is 12.3 Å². The van der Waals surface area contributed by atoms with Gasteiger partial charge in [-0.25, -0.2) is 4.79 Å². The van der Waals surface area contributed by atoms with Crippen molar-refractivity contribution < 1.29 is 32.2 Å². The van der Waals surface area contributed by atoms with Gasteiger partial charge in [-0.3, -0.25) is 0 Å². The third-order valence-electron chi connectivity index (χ3n) is 5.59. The van der Waals surface area contributed by atoms with Gasteiger partial charge in [0.25, 0.3) is 0 Å². The van der Waals surface area contributed by atoms with E-state index in [4.69, 9.17) is 14.2 Å². The molecule has 0 saturated heterocycles. The second-order valence-corrected chi connectivity index (χ2v) is 8.58. The molecule has 5 nitrogen and oxygen atoms in total. The zero-order valence-corrected chi connectivity index (χ0v) is 21.1. The molecule has 0 aromatic heterocycles. The largest absolute Gasteiger partial charge is 0.460 e. The maximum absolute atomic E-state index is 13.0. The summed E-state index contributed by atoms with van der Waals surface area (Å²) in [5, 5.41) is 2.87. The lowest BCUT2D eigenvalue weighted by atomic mass is 10.1. The summed E-state index contributed by atoms with van der Waals surface area (Å²) >= 11 is 0. The van der Waals surface area contributed by atoms with Crippen molar-refractivity contribution in [3.05, 3.63) is 59.7 Å². The fourth-order valence-electron chi connectivity index (χ4n) is 3.63. The van der Waals surface area contributed by atoms with E-state index >= 15 is 0 Å². The van der Waals surface area contributed by atoms with Crippen LogP contribution in [0.1, 0.15) is 74.2 Å². The quantitative estimate of drug-likeness (QED) is 0.164. The number of carbonyl (C=O) groups is 1. The van der Waals surface area contributed by atoms with E-state index in [-0.39, 0.29) is 24.5 Å². The predicted octanol–water partition coefficient (Wildman–Crippen LogP) is 7.78. The Bertz CT molecular complexity index is 889. The standard InChI is InChI=1S/C28H38F3NO4/c1-2-3-4-5-6-7-8-11-17-34-18-19-35-20-21-36-27(33)25-15-9-10-16-26(25)32-24-14-12-13-23(22-24)28(29,30)31/h9-10,12-16,22,32H,2-8,11,17-21H2,1H3. The zero-order valence-electron chi connectivity index (χ0n) is 21.1.